The van der Waals surface area contributed by atoms with Gasteiger partial charge in [0.05, 0.1) is 0 Å². The monoisotopic (exact) mass is 347 g/mol. The molecule has 0 fully saturated rings. The number of nitrogens with one attached hydrogen (secondary N) is 1. The summed E-state index contributed by atoms with van der Waals surface area (Å²) in [7, 11) is -2.86. The molecule has 0 saturated carbocycles. The van der Waals surface area contributed by atoms with E-state index in [4.69, 9.17) is 0 Å². The van der Waals surface area contributed by atoms with Gasteiger partial charge in [-0.3, -0.25) is 0 Å². The molecule has 19 heavy (non-hydrogen) atoms. The van der Waals surface area contributed by atoms with Gasteiger partial charge in [0.2, 0.25) is 0 Å². The molecule has 0 spiro atoms. The fourth-order valence-corrected chi connectivity index (χ4v) is 2.99. The van der Waals surface area contributed by atoms with Crippen molar-refractivity contribution in [1.82, 2.24) is 5.32 Å². The van der Waals surface area contributed by atoms with Gasteiger partial charge in [0.15, 0.2) is 0 Å². The number of hydrogen-bond acceptors (Lipinski definition) is 3. The molecule has 1 atom stereocenters. The predicted molar refractivity (Wildman–Crippen MR) is 84.4 cm³/mol. The second-order valence-corrected chi connectivity index (χ2v) is 8.00. The Labute approximate surface area is 124 Å². The smallest absolute Gasteiger partial charge is 0.147 e. The summed E-state index contributed by atoms with van der Waals surface area (Å²) in [6, 6.07) is 8.27. The minimum atomic E-state index is -2.86. The summed E-state index contributed by atoms with van der Waals surface area (Å²) < 4.78 is 23.4. The van der Waals surface area contributed by atoms with Crippen LogP contribution in [0.1, 0.15) is 31.2 Å². The summed E-state index contributed by atoms with van der Waals surface area (Å²) in [5, 5.41) is 3.35. The van der Waals surface area contributed by atoms with E-state index in [1.54, 1.807) is 0 Å². The lowest BCUT2D eigenvalue weighted by Gasteiger charge is -2.17. The maximum atomic E-state index is 11.2. The SMILES string of the molecule is CCNCC(CCCS(C)(=O)=O)c1ccc(Br)cc1. The van der Waals surface area contributed by atoms with E-state index >= 15 is 0 Å². The topological polar surface area (TPSA) is 46.2 Å². The normalized spacial score (nSPS) is 13.4. The lowest BCUT2D eigenvalue weighted by molar-refractivity contribution is 0.549. The Morgan fingerprint density at radius 1 is 1.26 bits per heavy atom. The van der Waals surface area contributed by atoms with Crippen molar-refractivity contribution < 1.29 is 8.42 Å². The molecule has 0 amide bonds. The van der Waals surface area contributed by atoms with Crippen molar-refractivity contribution in [2.45, 2.75) is 25.7 Å². The second kappa shape index (κ2) is 8.02. The fraction of sp³-hybridized carbons (Fsp3) is 0.571. The van der Waals surface area contributed by atoms with Gasteiger partial charge in [0.25, 0.3) is 0 Å². The molecule has 0 aromatic heterocycles. The van der Waals surface area contributed by atoms with Gasteiger partial charge in [0, 0.05) is 23.0 Å². The molecule has 108 valence electrons. The van der Waals surface area contributed by atoms with Crippen LogP contribution in [0.5, 0.6) is 0 Å². The fourth-order valence-electron chi connectivity index (χ4n) is 2.03. The Morgan fingerprint density at radius 2 is 1.89 bits per heavy atom. The van der Waals surface area contributed by atoms with Gasteiger partial charge < -0.3 is 5.32 Å². The highest BCUT2D eigenvalue weighted by atomic mass is 79.9. The van der Waals surface area contributed by atoms with Crippen LogP contribution in [0.2, 0.25) is 0 Å². The predicted octanol–water partition coefficient (Wildman–Crippen LogP) is 2.97. The molecule has 1 aromatic carbocycles. The van der Waals surface area contributed by atoms with Crippen LogP contribution < -0.4 is 5.32 Å². The number of hydrogen-bond donors (Lipinski definition) is 1. The molecule has 1 unspecified atom stereocenters. The average Bonchev–Trinajstić information content (AvgIpc) is 2.33. The van der Waals surface area contributed by atoms with Gasteiger partial charge >= 0.3 is 0 Å². The maximum absolute atomic E-state index is 11.2. The molecular formula is C14H22BrNO2S. The molecule has 1 aromatic rings. The van der Waals surface area contributed by atoms with E-state index in [2.05, 4.69) is 40.3 Å². The van der Waals surface area contributed by atoms with E-state index in [1.807, 2.05) is 12.1 Å². The summed E-state index contributed by atoms with van der Waals surface area (Å²) in [4.78, 5) is 0. The summed E-state index contributed by atoms with van der Waals surface area (Å²) in [6.45, 7) is 3.90. The first-order chi connectivity index (χ1) is 8.92. The van der Waals surface area contributed by atoms with Crippen molar-refractivity contribution in [1.29, 1.82) is 0 Å². The van der Waals surface area contributed by atoms with E-state index in [1.165, 1.54) is 11.8 Å². The highest BCUT2D eigenvalue weighted by molar-refractivity contribution is 9.10. The zero-order valence-electron chi connectivity index (χ0n) is 11.5. The van der Waals surface area contributed by atoms with Crippen LogP contribution in [0.4, 0.5) is 0 Å². The molecule has 0 heterocycles. The van der Waals surface area contributed by atoms with E-state index < -0.39 is 9.84 Å². The molecule has 0 radical (unpaired) electrons. The first-order valence-corrected chi connectivity index (χ1v) is 9.41. The van der Waals surface area contributed by atoms with Crippen molar-refractivity contribution in [2.24, 2.45) is 0 Å². The molecule has 0 aliphatic rings. The molecule has 5 heteroatoms. The van der Waals surface area contributed by atoms with Gasteiger partial charge in [0.1, 0.15) is 9.84 Å². The molecular weight excluding hydrogens is 326 g/mol. The number of sulfone groups is 1. The van der Waals surface area contributed by atoms with Crippen LogP contribution in [0.25, 0.3) is 0 Å². The second-order valence-electron chi connectivity index (χ2n) is 4.83. The quantitative estimate of drug-likeness (QED) is 0.786. The standard InChI is InChI=1S/C14H22BrNO2S/c1-3-16-11-13(5-4-10-19(2,17)18)12-6-8-14(15)9-7-12/h6-9,13,16H,3-5,10-11H2,1-2H3. The third-order valence-corrected chi connectivity index (χ3v) is 4.61. The lowest BCUT2D eigenvalue weighted by atomic mass is 9.94. The van der Waals surface area contributed by atoms with Gasteiger partial charge in [-0.1, -0.05) is 35.0 Å². The molecule has 0 aliphatic heterocycles. The maximum Gasteiger partial charge on any atom is 0.147 e. The van der Waals surface area contributed by atoms with E-state index in [0.717, 1.165) is 24.0 Å². The molecule has 3 nitrogen and oxygen atoms in total. The van der Waals surface area contributed by atoms with Crippen molar-refractivity contribution >= 4 is 25.8 Å². The minimum absolute atomic E-state index is 0.270. The first-order valence-electron chi connectivity index (χ1n) is 6.56. The molecule has 1 rings (SSSR count). The van der Waals surface area contributed by atoms with Crippen LogP contribution >= 0.6 is 15.9 Å². The van der Waals surface area contributed by atoms with Gasteiger partial charge in [-0.15, -0.1) is 0 Å². The Kier molecular flexibility index (Phi) is 7.04. The molecule has 1 N–H and O–H groups in total. The van der Waals surface area contributed by atoms with Crippen molar-refractivity contribution in [3.8, 4) is 0 Å². The third kappa shape index (κ3) is 7.09. The van der Waals surface area contributed by atoms with Gasteiger partial charge in [-0.05, 0) is 43.0 Å². The average molecular weight is 348 g/mol. The zero-order valence-corrected chi connectivity index (χ0v) is 13.9. The lowest BCUT2D eigenvalue weighted by Crippen LogP contribution is -2.21. The summed E-state index contributed by atoms with van der Waals surface area (Å²) >= 11 is 3.43. The van der Waals surface area contributed by atoms with Gasteiger partial charge in [-0.25, -0.2) is 8.42 Å². The Balaban J connectivity index is 2.63. The Hall–Kier alpha value is -0.390. The third-order valence-electron chi connectivity index (χ3n) is 3.05. The van der Waals surface area contributed by atoms with E-state index in [-0.39, 0.29) is 5.75 Å². The van der Waals surface area contributed by atoms with Crippen LogP contribution in [0, 0.1) is 0 Å². The van der Waals surface area contributed by atoms with Crippen molar-refractivity contribution in [2.75, 3.05) is 25.1 Å². The Bertz CT molecular complexity index is 471. The number of benzene rings is 1. The Morgan fingerprint density at radius 3 is 2.42 bits per heavy atom. The van der Waals surface area contributed by atoms with E-state index in [0.29, 0.717) is 12.3 Å². The minimum Gasteiger partial charge on any atom is -0.316 e. The number of halogens is 1. The van der Waals surface area contributed by atoms with Crippen LogP contribution in [0.3, 0.4) is 0 Å². The van der Waals surface area contributed by atoms with Gasteiger partial charge in [-0.2, -0.15) is 0 Å². The van der Waals surface area contributed by atoms with E-state index in [9.17, 15) is 8.42 Å². The highest BCUT2D eigenvalue weighted by Gasteiger charge is 2.12. The number of likely N-dealkylation sites (N-methyl/N-ethyl adjacent to an activating group) is 1. The molecule has 0 aliphatic carbocycles. The molecule has 0 bridgehead atoms. The van der Waals surface area contributed by atoms with Crippen LogP contribution in [-0.2, 0) is 9.84 Å². The zero-order chi connectivity index (χ0) is 14.3. The largest absolute Gasteiger partial charge is 0.316 e. The van der Waals surface area contributed by atoms with Crippen LogP contribution in [-0.4, -0.2) is 33.5 Å². The van der Waals surface area contributed by atoms with Crippen LogP contribution in [0.15, 0.2) is 28.7 Å². The number of rotatable bonds is 8. The van der Waals surface area contributed by atoms with Crippen molar-refractivity contribution in [3.63, 3.8) is 0 Å². The highest BCUT2D eigenvalue weighted by Crippen LogP contribution is 2.23. The summed E-state index contributed by atoms with van der Waals surface area (Å²) in [5.74, 6) is 0.640. The van der Waals surface area contributed by atoms with Crippen molar-refractivity contribution in [3.05, 3.63) is 34.3 Å². The summed E-state index contributed by atoms with van der Waals surface area (Å²) in [6.07, 6.45) is 2.90. The first kappa shape index (κ1) is 16.7. The summed E-state index contributed by atoms with van der Waals surface area (Å²) in [5.41, 5.74) is 1.26. The molecule has 0 saturated heterocycles.